The molecular weight excluding hydrogens is 323 g/mol. The number of methoxy groups -OCH3 is 1. The fourth-order valence-electron chi connectivity index (χ4n) is 1.87. The second-order valence-electron chi connectivity index (χ2n) is 5.79. The Morgan fingerprint density at radius 2 is 1.73 bits per heavy atom. The van der Waals surface area contributed by atoms with E-state index >= 15 is 0 Å². The lowest BCUT2D eigenvalue weighted by atomic mass is 9.82. The van der Waals surface area contributed by atoms with E-state index in [0.29, 0.717) is 5.56 Å². The Labute approximate surface area is 133 Å². The van der Waals surface area contributed by atoms with Gasteiger partial charge < -0.3 is 20.3 Å². The molecule has 1 aromatic rings. The average Bonchev–Trinajstić information content (AvgIpc) is 2.33. The van der Waals surface area contributed by atoms with Gasteiger partial charge in [-0.15, -0.1) is 25.6 Å². The summed E-state index contributed by atoms with van der Waals surface area (Å²) in [5, 5.41) is 10.2. The average molecular weight is 344 g/mol. The lowest BCUT2D eigenvalue weighted by Gasteiger charge is -2.31. The van der Waals surface area contributed by atoms with Gasteiger partial charge in [0.2, 0.25) is 0 Å². The van der Waals surface area contributed by atoms with E-state index in [1.165, 1.54) is 13.2 Å². The first kappa shape index (κ1) is 20.8. The first-order chi connectivity index (χ1) is 9.45. The van der Waals surface area contributed by atoms with E-state index in [2.05, 4.69) is 4.74 Å². The third kappa shape index (κ3) is 5.55. The summed E-state index contributed by atoms with van der Waals surface area (Å²) >= 11 is 0. The number of alkyl halides is 3. The fourth-order valence-corrected chi connectivity index (χ4v) is 1.87. The van der Waals surface area contributed by atoms with E-state index in [4.69, 9.17) is 10.5 Å². The quantitative estimate of drug-likeness (QED) is 0.879. The van der Waals surface area contributed by atoms with E-state index in [0.717, 1.165) is 12.1 Å². The maximum Gasteiger partial charge on any atom is 0.573 e. The molecule has 0 saturated heterocycles. The number of aliphatic hydroxyl groups is 1. The number of benzene rings is 1. The fraction of sp³-hybridized carbons (Fsp3) is 0.571. The molecule has 0 aliphatic heterocycles. The zero-order valence-electron chi connectivity index (χ0n) is 12.8. The van der Waals surface area contributed by atoms with E-state index in [-0.39, 0.29) is 18.2 Å². The molecule has 3 N–H and O–H groups in total. The predicted molar refractivity (Wildman–Crippen MR) is 79.3 cm³/mol. The molecule has 128 valence electrons. The number of halogens is 4. The topological polar surface area (TPSA) is 64.7 Å². The summed E-state index contributed by atoms with van der Waals surface area (Å²) in [7, 11) is 1.31. The van der Waals surface area contributed by atoms with Crippen LogP contribution in [0.3, 0.4) is 0 Å². The number of hydrogen-bond donors (Lipinski definition) is 2. The highest BCUT2D eigenvalue weighted by atomic mass is 35.5. The summed E-state index contributed by atoms with van der Waals surface area (Å²) in [6.45, 7) is 5.43. The minimum atomic E-state index is -4.78. The minimum absolute atomic E-state index is 0. The Bertz CT molecular complexity index is 489. The molecule has 0 bridgehead atoms. The molecular formula is C14H21ClF3NO3. The summed E-state index contributed by atoms with van der Waals surface area (Å²) in [4.78, 5) is 0. The first-order valence-electron chi connectivity index (χ1n) is 6.33. The molecule has 0 unspecified atom stereocenters. The summed E-state index contributed by atoms with van der Waals surface area (Å²) in [5.41, 5.74) is 5.92. The number of ether oxygens (including phenoxy) is 2. The second kappa shape index (κ2) is 7.39. The molecule has 4 nitrogen and oxygen atoms in total. The third-order valence-corrected chi connectivity index (χ3v) is 3.03. The molecule has 2 atom stereocenters. The van der Waals surface area contributed by atoms with Crippen molar-refractivity contribution in [3.8, 4) is 11.5 Å². The van der Waals surface area contributed by atoms with Gasteiger partial charge in [-0.25, -0.2) is 0 Å². The summed E-state index contributed by atoms with van der Waals surface area (Å²) in [6, 6.07) is 2.80. The standard InChI is InChI=1S/C14H20F3NO3.ClH/c1-13(2,3)12(19)11(18)9-6-5-8(7-10(9)20-4)21-14(15,16)17;/h5-7,11-12,19H,18H2,1-4H3;1H/t11-,12-;/m1./s1. The van der Waals surface area contributed by atoms with Gasteiger partial charge in [-0.05, 0) is 17.5 Å². The van der Waals surface area contributed by atoms with Gasteiger partial charge in [-0.3, -0.25) is 0 Å². The van der Waals surface area contributed by atoms with Gasteiger partial charge in [-0.2, -0.15) is 0 Å². The molecule has 0 radical (unpaired) electrons. The molecule has 0 fully saturated rings. The number of rotatable bonds is 4. The summed E-state index contributed by atoms with van der Waals surface area (Å²) in [5.74, 6) is -0.270. The van der Waals surface area contributed by atoms with Gasteiger partial charge >= 0.3 is 6.36 Å². The molecule has 1 aromatic carbocycles. The van der Waals surface area contributed by atoms with Crippen molar-refractivity contribution in [2.75, 3.05) is 7.11 Å². The molecule has 0 saturated carbocycles. The van der Waals surface area contributed by atoms with Crippen LogP contribution < -0.4 is 15.2 Å². The van der Waals surface area contributed by atoms with Crippen LogP contribution in [0.2, 0.25) is 0 Å². The van der Waals surface area contributed by atoms with Crippen LogP contribution in [0.25, 0.3) is 0 Å². The van der Waals surface area contributed by atoms with Crippen LogP contribution >= 0.6 is 12.4 Å². The lowest BCUT2D eigenvalue weighted by Crippen LogP contribution is -2.37. The molecule has 0 aliphatic carbocycles. The van der Waals surface area contributed by atoms with E-state index in [1.807, 2.05) is 20.8 Å². The maximum atomic E-state index is 12.2. The molecule has 22 heavy (non-hydrogen) atoms. The van der Waals surface area contributed by atoms with E-state index < -0.39 is 29.7 Å². The third-order valence-electron chi connectivity index (χ3n) is 3.03. The van der Waals surface area contributed by atoms with Crippen LogP contribution in [-0.4, -0.2) is 24.7 Å². The second-order valence-corrected chi connectivity index (χ2v) is 5.79. The Morgan fingerprint density at radius 3 is 2.14 bits per heavy atom. The predicted octanol–water partition coefficient (Wildman–Crippen LogP) is 3.42. The monoisotopic (exact) mass is 343 g/mol. The zero-order valence-corrected chi connectivity index (χ0v) is 13.6. The highest BCUT2D eigenvalue weighted by molar-refractivity contribution is 5.85. The molecule has 0 spiro atoms. The SMILES string of the molecule is COc1cc(OC(F)(F)F)ccc1[C@@H](N)[C@@H](O)C(C)(C)C.Cl. The van der Waals surface area contributed by atoms with Gasteiger partial charge in [0.1, 0.15) is 11.5 Å². The van der Waals surface area contributed by atoms with Gasteiger partial charge in [0.25, 0.3) is 0 Å². The van der Waals surface area contributed by atoms with Crippen molar-refractivity contribution in [1.82, 2.24) is 0 Å². The van der Waals surface area contributed by atoms with Crippen molar-refractivity contribution in [3.05, 3.63) is 23.8 Å². The minimum Gasteiger partial charge on any atom is -0.496 e. The van der Waals surface area contributed by atoms with Crippen molar-refractivity contribution < 1.29 is 27.8 Å². The maximum absolute atomic E-state index is 12.2. The Morgan fingerprint density at radius 1 is 1.18 bits per heavy atom. The Hall–Kier alpha value is -1.18. The summed E-state index contributed by atoms with van der Waals surface area (Å²) < 4.78 is 45.4. The number of aliphatic hydroxyl groups excluding tert-OH is 1. The van der Waals surface area contributed by atoms with Gasteiger partial charge in [-0.1, -0.05) is 20.8 Å². The van der Waals surface area contributed by atoms with Crippen molar-refractivity contribution >= 4 is 12.4 Å². The first-order valence-corrected chi connectivity index (χ1v) is 6.33. The van der Waals surface area contributed by atoms with Crippen molar-refractivity contribution in [2.24, 2.45) is 11.1 Å². The largest absolute Gasteiger partial charge is 0.573 e. The van der Waals surface area contributed by atoms with Crippen molar-refractivity contribution in [1.29, 1.82) is 0 Å². The van der Waals surface area contributed by atoms with Crippen molar-refractivity contribution in [2.45, 2.75) is 39.3 Å². The molecule has 1 rings (SSSR count). The van der Waals surface area contributed by atoms with Gasteiger partial charge in [0, 0.05) is 11.6 Å². The van der Waals surface area contributed by atoms with Crippen molar-refractivity contribution in [3.63, 3.8) is 0 Å². The highest BCUT2D eigenvalue weighted by Crippen LogP contribution is 2.36. The normalized spacial score (nSPS) is 14.8. The molecule has 0 heterocycles. The van der Waals surface area contributed by atoms with Crippen LogP contribution in [0.1, 0.15) is 32.4 Å². The van der Waals surface area contributed by atoms with Crippen LogP contribution in [0.15, 0.2) is 18.2 Å². The Kier molecular flexibility index (Phi) is 6.99. The lowest BCUT2D eigenvalue weighted by molar-refractivity contribution is -0.274. The smallest absolute Gasteiger partial charge is 0.496 e. The molecule has 8 heteroatoms. The molecule has 0 amide bonds. The summed E-state index contributed by atoms with van der Waals surface area (Å²) in [6.07, 6.45) is -5.67. The van der Waals surface area contributed by atoms with Crippen LogP contribution in [-0.2, 0) is 0 Å². The van der Waals surface area contributed by atoms with Crippen LogP contribution in [0.5, 0.6) is 11.5 Å². The van der Waals surface area contributed by atoms with Gasteiger partial charge in [0.05, 0.1) is 19.3 Å². The van der Waals surface area contributed by atoms with Gasteiger partial charge in [0.15, 0.2) is 0 Å². The van der Waals surface area contributed by atoms with Crippen LogP contribution in [0, 0.1) is 5.41 Å². The number of hydrogen-bond acceptors (Lipinski definition) is 4. The number of nitrogens with two attached hydrogens (primary N) is 1. The molecule has 0 aliphatic rings. The molecule has 0 aromatic heterocycles. The van der Waals surface area contributed by atoms with Crippen LogP contribution in [0.4, 0.5) is 13.2 Å². The highest BCUT2D eigenvalue weighted by Gasteiger charge is 2.33. The Balaban J connectivity index is 0.00000441. The van der Waals surface area contributed by atoms with E-state index in [1.54, 1.807) is 0 Å². The van der Waals surface area contributed by atoms with E-state index in [9.17, 15) is 18.3 Å². The zero-order chi connectivity index (χ0) is 16.4.